The number of benzene rings is 1. The molecule has 1 aromatic heterocycles. The molecule has 3 fully saturated rings. The molecule has 11 heteroatoms. The van der Waals surface area contributed by atoms with E-state index < -0.39 is 5.91 Å². The summed E-state index contributed by atoms with van der Waals surface area (Å²) < 4.78 is 0. The second kappa shape index (κ2) is 9.97. The smallest absolute Gasteiger partial charge is 0.324 e. The summed E-state index contributed by atoms with van der Waals surface area (Å²) >= 11 is 0. The number of piperidine rings is 2. The molecule has 1 atom stereocenters. The van der Waals surface area contributed by atoms with Crippen molar-refractivity contribution in [1.82, 2.24) is 30.3 Å². The molecule has 1 aromatic carbocycles. The molecular formula is C26H33N9O2. The van der Waals surface area contributed by atoms with Gasteiger partial charge in [-0.05, 0) is 68.8 Å². The van der Waals surface area contributed by atoms with Gasteiger partial charge < -0.3 is 26.2 Å². The van der Waals surface area contributed by atoms with Crippen LogP contribution < -0.4 is 21.3 Å². The highest BCUT2D eigenvalue weighted by Crippen LogP contribution is 2.31. The van der Waals surface area contributed by atoms with E-state index in [1.807, 2.05) is 26.8 Å². The molecule has 6 rings (SSSR count). The predicted octanol–water partition coefficient (Wildman–Crippen LogP) is 2.18. The summed E-state index contributed by atoms with van der Waals surface area (Å²) in [5.74, 6) is 0.589. The predicted molar refractivity (Wildman–Crippen MR) is 140 cm³/mol. The maximum absolute atomic E-state index is 12.9. The lowest BCUT2D eigenvalue weighted by Crippen LogP contribution is -2.50. The van der Waals surface area contributed by atoms with Crippen LogP contribution in [-0.4, -0.2) is 82.2 Å². The molecular weight excluding hydrogens is 470 g/mol. The fraction of sp³-hybridized carbons (Fsp3) is 0.500. The Kier molecular flexibility index (Phi) is 6.37. The number of hydrogen-bond donors (Lipinski definition) is 3. The topological polar surface area (TPSA) is 133 Å². The molecule has 11 nitrogen and oxygen atoms in total. The number of aromatic nitrogens is 3. The Bertz CT molecular complexity index is 1210. The van der Waals surface area contributed by atoms with Crippen molar-refractivity contribution in [3.05, 3.63) is 47.3 Å². The van der Waals surface area contributed by atoms with Gasteiger partial charge in [0.15, 0.2) is 11.5 Å². The van der Waals surface area contributed by atoms with E-state index in [4.69, 9.17) is 5.73 Å². The number of fused-ring (bicyclic) bond motifs is 1. The van der Waals surface area contributed by atoms with Gasteiger partial charge in [0.1, 0.15) is 0 Å². The van der Waals surface area contributed by atoms with Crippen molar-refractivity contribution in [2.24, 2.45) is 5.73 Å². The molecule has 4 N–H and O–H groups in total. The quantitative estimate of drug-likeness (QED) is 0.546. The van der Waals surface area contributed by atoms with E-state index in [2.05, 4.69) is 44.0 Å². The monoisotopic (exact) mass is 503 g/mol. The molecule has 1 unspecified atom stereocenters. The van der Waals surface area contributed by atoms with Crippen LogP contribution in [0.3, 0.4) is 0 Å². The number of urea groups is 1. The van der Waals surface area contributed by atoms with Crippen molar-refractivity contribution >= 4 is 29.4 Å². The van der Waals surface area contributed by atoms with E-state index in [9.17, 15) is 9.59 Å². The lowest BCUT2D eigenvalue weighted by Gasteiger charge is -2.37. The minimum atomic E-state index is -0.687. The van der Waals surface area contributed by atoms with Gasteiger partial charge in [0.2, 0.25) is 5.95 Å². The zero-order chi connectivity index (χ0) is 25.4. The molecule has 0 bridgehead atoms. The second-order valence-electron chi connectivity index (χ2n) is 10.2. The van der Waals surface area contributed by atoms with E-state index in [1.54, 1.807) is 0 Å². The summed E-state index contributed by atoms with van der Waals surface area (Å²) in [6.45, 7) is 4.90. The number of carbonyl (C=O) groups is 2. The Labute approximate surface area is 216 Å². The van der Waals surface area contributed by atoms with Crippen molar-refractivity contribution in [2.75, 3.05) is 49.5 Å². The van der Waals surface area contributed by atoms with Crippen LogP contribution in [0.1, 0.15) is 54.1 Å². The fourth-order valence-electron chi connectivity index (χ4n) is 5.89. The normalized spacial score (nSPS) is 22.3. The number of rotatable bonds is 6. The Balaban J connectivity index is 1.19. The first-order valence-electron chi connectivity index (χ1n) is 13.2. The van der Waals surface area contributed by atoms with Crippen molar-refractivity contribution in [2.45, 2.75) is 44.1 Å². The molecule has 37 heavy (non-hydrogen) atoms. The number of nitrogens with one attached hydrogen (secondary N) is 2. The summed E-state index contributed by atoms with van der Waals surface area (Å²) in [6.07, 6.45) is 7.21. The lowest BCUT2D eigenvalue weighted by atomic mass is 9.90. The number of anilines is 3. The molecule has 194 valence electrons. The second-order valence-corrected chi connectivity index (χ2v) is 10.2. The van der Waals surface area contributed by atoms with Crippen LogP contribution in [0.4, 0.5) is 22.2 Å². The van der Waals surface area contributed by atoms with Crippen LogP contribution in [0, 0.1) is 0 Å². The summed E-state index contributed by atoms with van der Waals surface area (Å²) in [6, 6.07) is 8.42. The summed E-state index contributed by atoms with van der Waals surface area (Å²) in [5.41, 5.74) is 8.83. The molecule has 0 radical (unpaired) electrons. The first-order valence-corrected chi connectivity index (χ1v) is 13.2. The van der Waals surface area contributed by atoms with Crippen LogP contribution in [0.25, 0.3) is 0 Å². The van der Waals surface area contributed by atoms with Crippen molar-refractivity contribution < 1.29 is 9.59 Å². The van der Waals surface area contributed by atoms with Gasteiger partial charge in [-0.2, -0.15) is 4.98 Å². The Hall–Kier alpha value is -3.73. The Morgan fingerprint density at radius 3 is 2.65 bits per heavy atom. The average molecular weight is 504 g/mol. The number of amides is 3. The largest absolute Gasteiger partial charge is 0.364 e. The standard InChI is InChI=1S/C26H33N9O2/c27-23(36)22-24(29-19-7-5-17(6-8-19)18-9-11-28-12-10-18)30-25(32-31-22)33-13-1-3-20(15-33)35-16-21-4-2-14-34(21)26(35)37/h4-8,18,20,28H,1-3,9-16H2,(H2,27,36)(H,29,30,32). The Morgan fingerprint density at radius 2 is 1.89 bits per heavy atom. The van der Waals surface area contributed by atoms with E-state index in [0.717, 1.165) is 69.7 Å². The maximum atomic E-state index is 12.9. The molecule has 0 aliphatic carbocycles. The highest BCUT2D eigenvalue weighted by atomic mass is 16.2. The molecule has 0 saturated carbocycles. The molecule has 0 spiro atoms. The Morgan fingerprint density at radius 1 is 1.08 bits per heavy atom. The van der Waals surface area contributed by atoms with Crippen molar-refractivity contribution in [3.63, 3.8) is 0 Å². The van der Waals surface area contributed by atoms with E-state index in [-0.39, 0.29) is 23.6 Å². The maximum Gasteiger partial charge on any atom is 0.324 e. The van der Waals surface area contributed by atoms with E-state index in [1.165, 1.54) is 5.56 Å². The van der Waals surface area contributed by atoms with Gasteiger partial charge >= 0.3 is 6.03 Å². The zero-order valence-electron chi connectivity index (χ0n) is 20.9. The van der Waals surface area contributed by atoms with E-state index >= 15 is 0 Å². The number of nitrogens with zero attached hydrogens (tertiary/aromatic N) is 6. The van der Waals surface area contributed by atoms with Gasteiger partial charge in [0.25, 0.3) is 5.91 Å². The fourth-order valence-corrected chi connectivity index (χ4v) is 5.89. The molecule has 3 saturated heterocycles. The lowest BCUT2D eigenvalue weighted by molar-refractivity contribution is 0.0995. The van der Waals surface area contributed by atoms with Gasteiger partial charge in [0, 0.05) is 31.0 Å². The number of hydrogen-bond acceptors (Lipinski definition) is 8. The third kappa shape index (κ3) is 4.71. The SMILES string of the molecule is NC(=O)c1nnc(N2CCCC(N3CC4=CCCN4C3=O)C2)nc1Nc1ccc(C2CCNCC2)cc1. The summed E-state index contributed by atoms with van der Waals surface area (Å²) in [7, 11) is 0. The minimum absolute atomic E-state index is 0.00187. The van der Waals surface area contributed by atoms with Crippen LogP contribution in [0.15, 0.2) is 36.0 Å². The molecule has 4 aliphatic rings. The van der Waals surface area contributed by atoms with Gasteiger partial charge in [-0.3, -0.25) is 9.69 Å². The van der Waals surface area contributed by atoms with Crippen LogP contribution in [-0.2, 0) is 0 Å². The third-order valence-electron chi connectivity index (χ3n) is 7.90. The first-order chi connectivity index (χ1) is 18.1. The van der Waals surface area contributed by atoms with Gasteiger partial charge in [-0.15, -0.1) is 10.2 Å². The summed E-state index contributed by atoms with van der Waals surface area (Å²) in [4.78, 5) is 35.6. The van der Waals surface area contributed by atoms with Gasteiger partial charge in [-0.25, -0.2) is 4.79 Å². The van der Waals surface area contributed by atoms with Crippen LogP contribution in [0.5, 0.6) is 0 Å². The van der Waals surface area contributed by atoms with Crippen molar-refractivity contribution in [3.8, 4) is 0 Å². The highest BCUT2D eigenvalue weighted by Gasteiger charge is 2.40. The minimum Gasteiger partial charge on any atom is -0.364 e. The first kappa shape index (κ1) is 23.7. The van der Waals surface area contributed by atoms with Crippen LogP contribution in [0.2, 0.25) is 0 Å². The number of nitrogens with two attached hydrogens (primary N) is 1. The molecule has 2 aromatic rings. The van der Waals surface area contributed by atoms with Gasteiger partial charge in [0.05, 0.1) is 12.6 Å². The summed E-state index contributed by atoms with van der Waals surface area (Å²) in [5, 5.41) is 15.0. The molecule has 5 heterocycles. The number of primary amides is 1. The van der Waals surface area contributed by atoms with Gasteiger partial charge in [-0.1, -0.05) is 18.2 Å². The highest BCUT2D eigenvalue weighted by molar-refractivity contribution is 5.96. The number of carbonyl (C=O) groups excluding carboxylic acids is 2. The zero-order valence-corrected chi connectivity index (χ0v) is 20.9. The molecule has 4 aliphatic heterocycles. The van der Waals surface area contributed by atoms with Crippen molar-refractivity contribution in [1.29, 1.82) is 0 Å². The third-order valence-corrected chi connectivity index (χ3v) is 7.90. The van der Waals surface area contributed by atoms with E-state index in [0.29, 0.717) is 25.0 Å². The molecule has 3 amide bonds. The van der Waals surface area contributed by atoms with Crippen LogP contribution >= 0.6 is 0 Å². The average Bonchev–Trinajstić information content (AvgIpc) is 3.52.